The maximum absolute atomic E-state index is 12.4. The van der Waals surface area contributed by atoms with Crippen LogP contribution >= 0.6 is 0 Å². The highest BCUT2D eigenvalue weighted by atomic mass is 16.4. The SMILES string of the molecule is CCN(CC)c1ccc2cc(C(=O)NCCC(=O)C3=CC(=O)NC3=O)c(=O)oc2c1. The van der Waals surface area contributed by atoms with Crippen LogP contribution in [0, 0.1) is 0 Å². The first-order chi connectivity index (χ1) is 14.3. The first-order valence-electron chi connectivity index (χ1n) is 9.55. The zero-order valence-corrected chi connectivity index (χ0v) is 16.6. The van der Waals surface area contributed by atoms with E-state index in [1.807, 2.05) is 25.2 Å². The van der Waals surface area contributed by atoms with Gasteiger partial charge < -0.3 is 14.6 Å². The van der Waals surface area contributed by atoms with Gasteiger partial charge in [-0.2, -0.15) is 0 Å². The van der Waals surface area contributed by atoms with Crippen LogP contribution in [0.15, 0.2) is 45.1 Å². The third kappa shape index (κ3) is 4.29. The Morgan fingerprint density at radius 1 is 1.10 bits per heavy atom. The fourth-order valence-electron chi connectivity index (χ4n) is 3.18. The van der Waals surface area contributed by atoms with Crippen LogP contribution in [0.2, 0.25) is 0 Å². The van der Waals surface area contributed by atoms with Gasteiger partial charge in [-0.05, 0) is 32.0 Å². The summed E-state index contributed by atoms with van der Waals surface area (Å²) in [7, 11) is 0. The van der Waals surface area contributed by atoms with Crippen LogP contribution in [-0.2, 0) is 14.4 Å². The zero-order chi connectivity index (χ0) is 21.8. The van der Waals surface area contributed by atoms with Crippen molar-refractivity contribution in [2.75, 3.05) is 24.5 Å². The third-order valence-corrected chi connectivity index (χ3v) is 4.79. The van der Waals surface area contributed by atoms with E-state index in [0.717, 1.165) is 24.9 Å². The molecule has 156 valence electrons. The predicted molar refractivity (Wildman–Crippen MR) is 109 cm³/mol. The van der Waals surface area contributed by atoms with E-state index in [9.17, 15) is 24.0 Å². The third-order valence-electron chi connectivity index (χ3n) is 4.79. The van der Waals surface area contributed by atoms with Gasteiger partial charge in [0.2, 0.25) is 0 Å². The van der Waals surface area contributed by atoms with E-state index in [1.165, 1.54) is 6.07 Å². The van der Waals surface area contributed by atoms with Gasteiger partial charge in [-0.25, -0.2) is 4.79 Å². The maximum Gasteiger partial charge on any atom is 0.349 e. The molecule has 3 amide bonds. The van der Waals surface area contributed by atoms with E-state index in [-0.39, 0.29) is 24.1 Å². The Labute approximate surface area is 171 Å². The molecule has 0 radical (unpaired) electrons. The minimum Gasteiger partial charge on any atom is -0.422 e. The minimum atomic E-state index is -0.786. The number of amides is 3. The summed E-state index contributed by atoms with van der Waals surface area (Å²) in [5.74, 6) is -2.67. The Morgan fingerprint density at radius 3 is 2.47 bits per heavy atom. The van der Waals surface area contributed by atoms with Gasteiger partial charge in [0.15, 0.2) is 5.78 Å². The number of ketones is 1. The van der Waals surface area contributed by atoms with Crippen LogP contribution in [0.5, 0.6) is 0 Å². The minimum absolute atomic E-state index is 0.102. The number of rotatable bonds is 8. The van der Waals surface area contributed by atoms with Crippen molar-refractivity contribution in [3.63, 3.8) is 0 Å². The number of benzene rings is 1. The van der Waals surface area contributed by atoms with Crippen LogP contribution in [0.3, 0.4) is 0 Å². The van der Waals surface area contributed by atoms with Crippen molar-refractivity contribution in [3.05, 3.63) is 51.9 Å². The van der Waals surface area contributed by atoms with E-state index in [4.69, 9.17) is 4.42 Å². The first kappa shape index (κ1) is 21.0. The standard InChI is InChI=1S/C21H21N3O6/c1-3-24(4-2)13-6-5-12-9-15(21(29)30-17(12)10-13)19(27)22-8-7-16(25)14-11-18(26)23-20(14)28/h5-6,9-11H,3-4,7-8H2,1-2H3,(H,22,27)(H,23,26,28). The van der Waals surface area contributed by atoms with Gasteiger partial charge in [0.05, 0.1) is 5.57 Å². The molecule has 0 atom stereocenters. The Balaban J connectivity index is 1.70. The zero-order valence-electron chi connectivity index (χ0n) is 16.6. The van der Waals surface area contributed by atoms with Crippen molar-refractivity contribution in [1.29, 1.82) is 0 Å². The quantitative estimate of drug-likeness (QED) is 0.376. The topological polar surface area (TPSA) is 126 Å². The summed E-state index contributed by atoms with van der Waals surface area (Å²) in [6.45, 7) is 5.55. The maximum atomic E-state index is 12.4. The summed E-state index contributed by atoms with van der Waals surface area (Å²) in [6.07, 6.45) is 0.737. The Morgan fingerprint density at radius 2 is 1.83 bits per heavy atom. The van der Waals surface area contributed by atoms with Crippen molar-refractivity contribution >= 4 is 40.2 Å². The van der Waals surface area contributed by atoms with Crippen molar-refractivity contribution in [1.82, 2.24) is 10.6 Å². The summed E-state index contributed by atoms with van der Waals surface area (Å²) in [5, 5.41) is 5.04. The van der Waals surface area contributed by atoms with E-state index in [1.54, 1.807) is 12.1 Å². The molecule has 0 spiro atoms. The Bertz CT molecular complexity index is 1130. The number of imide groups is 1. The average Bonchev–Trinajstić information content (AvgIpc) is 3.06. The molecular formula is C21H21N3O6. The second-order valence-corrected chi connectivity index (χ2v) is 6.65. The number of nitrogens with zero attached hydrogens (tertiary/aromatic N) is 1. The molecule has 2 N–H and O–H groups in total. The van der Waals surface area contributed by atoms with Crippen LogP contribution < -0.4 is 21.2 Å². The lowest BCUT2D eigenvalue weighted by Gasteiger charge is -2.21. The number of carbonyl (C=O) groups excluding carboxylic acids is 4. The second-order valence-electron chi connectivity index (χ2n) is 6.65. The molecule has 9 nitrogen and oxygen atoms in total. The molecule has 1 aromatic heterocycles. The van der Waals surface area contributed by atoms with Gasteiger partial charge in [-0.15, -0.1) is 0 Å². The normalized spacial score (nSPS) is 13.2. The summed E-state index contributed by atoms with van der Waals surface area (Å²) < 4.78 is 5.32. The monoisotopic (exact) mass is 411 g/mol. The molecule has 0 saturated carbocycles. The molecular weight excluding hydrogens is 390 g/mol. The van der Waals surface area contributed by atoms with E-state index in [2.05, 4.69) is 10.2 Å². The van der Waals surface area contributed by atoms with Crippen molar-refractivity contribution in [2.24, 2.45) is 0 Å². The highest BCUT2D eigenvalue weighted by molar-refractivity contribution is 6.30. The average molecular weight is 411 g/mol. The molecule has 1 aliphatic rings. The number of carbonyl (C=O) groups is 4. The van der Waals surface area contributed by atoms with Gasteiger partial charge in [0.1, 0.15) is 11.1 Å². The second kappa shape index (κ2) is 8.73. The van der Waals surface area contributed by atoms with Crippen LogP contribution in [0.4, 0.5) is 5.69 Å². The molecule has 2 heterocycles. The number of nitrogens with one attached hydrogen (secondary N) is 2. The summed E-state index contributed by atoms with van der Waals surface area (Å²) >= 11 is 0. The lowest BCUT2D eigenvalue weighted by Crippen LogP contribution is -2.31. The van der Waals surface area contributed by atoms with Crippen molar-refractivity contribution in [3.8, 4) is 0 Å². The molecule has 2 aromatic rings. The fourth-order valence-corrected chi connectivity index (χ4v) is 3.18. The largest absolute Gasteiger partial charge is 0.422 e. The smallest absolute Gasteiger partial charge is 0.349 e. The molecule has 0 saturated heterocycles. The van der Waals surface area contributed by atoms with E-state index < -0.39 is 29.1 Å². The lowest BCUT2D eigenvalue weighted by molar-refractivity contribution is -0.124. The molecule has 0 bridgehead atoms. The first-order valence-corrected chi connectivity index (χ1v) is 9.55. The highest BCUT2D eigenvalue weighted by Gasteiger charge is 2.26. The summed E-state index contributed by atoms with van der Waals surface area (Å²) in [5.41, 5.74) is 0.0728. The number of hydrogen-bond acceptors (Lipinski definition) is 7. The fraction of sp³-hybridized carbons (Fsp3) is 0.286. The molecule has 1 aliphatic heterocycles. The summed E-state index contributed by atoms with van der Waals surface area (Å²) in [4.78, 5) is 61.3. The van der Waals surface area contributed by atoms with Gasteiger partial charge >= 0.3 is 5.63 Å². The lowest BCUT2D eigenvalue weighted by atomic mass is 10.1. The summed E-state index contributed by atoms with van der Waals surface area (Å²) in [6, 6.07) is 6.85. The number of hydrogen-bond donors (Lipinski definition) is 2. The van der Waals surface area contributed by atoms with Gasteiger partial charge in [-0.1, -0.05) is 0 Å². The van der Waals surface area contributed by atoms with Crippen LogP contribution in [-0.4, -0.2) is 43.1 Å². The van der Waals surface area contributed by atoms with Crippen LogP contribution in [0.1, 0.15) is 30.6 Å². The van der Waals surface area contributed by atoms with Crippen LogP contribution in [0.25, 0.3) is 11.0 Å². The number of Topliss-reactive ketones (excluding diaryl/α,β-unsaturated/α-hetero) is 1. The predicted octanol–water partition coefficient (Wildman–Crippen LogP) is 0.911. The number of fused-ring (bicyclic) bond motifs is 1. The van der Waals surface area contributed by atoms with Gasteiger partial charge in [0, 0.05) is 49.3 Å². The van der Waals surface area contributed by atoms with Gasteiger partial charge in [0.25, 0.3) is 17.7 Å². The Hall–Kier alpha value is -3.75. The molecule has 9 heteroatoms. The molecule has 0 unspecified atom stereocenters. The van der Waals surface area contributed by atoms with E-state index >= 15 is 0 Å². The molecule has 30 heavy (non-hydrogen) atoms. The number of anilines is 1. The Kier molecular flexibility index (Phi) is 6.10. The van der Waals surface area contributed by atoms with E-state index in [0.29, 0.717) is 11.0 Å². The highest BCUT2D eigenvalue weighted by Crippen LogP contribution is 2.22. The van der Waals surface area contributed by atoms with Crippen molar-refractivity contribution in [2.45, 2.75) is 20.3 Å². The molecule has 0 fully saturated rings. The molecule has 3 rings (SSSR count). The van der Waals surface area contributed by atoms with Gasteiger partial charge in [-0.3, -0.25) is 24.5 Å². The van der Waals surface area contributed by atoms with Crippen molar-refractivity contribution < 1.29 is 23.6 Å². The molecule has 0 aliphatic carbocycles. The molecule has 1 aromatic carbocycles.